The smallest absolute Gasteiger partial charge is 0.170 e. The minimum atomic E-state index is 0.145. The van der Waals surface area contributed by atoms with Crippen LogP contribution in [0.15, 0.2) is 29.4 Å². The predicted octanol–water partition coefficient (Wildman–Crippen LogP) is 2.45. The maximum Gasteiger partial charge on any atom is 0.170 e. The lowest BCUT2D eigenvalue weighted by molar-refractivity contribution is 0.318. The number of nitrogens with one attached hydrogen (secondary N) is 1. The third-order valence-corrected chi connectivity index (χ3v) is 3.08. The van der Waals surface area contributed by atoms with Crippen molar-refractivity contribution in [3.8, 4) is 0 Å². The van der Waals surface area contributed by atoms with Crippen molar-refractivity contribution in [1.82, 2.24) is 5.32 Å². The SMILES string of the molecule is CCCC(CC)NCc1ccc(/C(N)=N/O)cc1. The summed E-state index contributed by atoms with van der Waals surface area (Å²) in [6, 6.07) is 8.32. The molecule has 0 bridgehead atoms. The molecule has 0 amide bonds. The molecule has 4 heteroatoms. The van der Waals surface area contributed by atoms with E-state index in [-0.39, 0.29) is 5.84 Å². The van der Waals surface area contributed by atoms with Crippen LogP contribution in [0.4, 0.5) is 0 Å². The number of hydrogen-bond donors (Lipinski definition) is 3. The summed E-state index contributed by atoms with van der Waals surface area (Å²) in [6.07, 6.45) is 3.56. The highest BCUT2D eigenvalue weighted by Gasteiger charge is 2.04. The van der Waals surface area contributed by atoms with E-state index in [1.54, 1.807) is 0 Å². The highest BCUT2D eigenvalue weighted by molar-refractivity contribution is 5.96. The fraction of sp³-hybridized carbons (Fsp3) is 0.500. The van der Waals surface area contributed by atoms with Gasteiger partial charge in [-0.15, -0.1) is 0 Å². The Morgan fingerprint density at radius 2 is 2.00 bits per heavy atom. The Bertz CT molecular complexity index is 373. The van der Waals surface area contributed by atoms with Crippen molar-refractivity contribution in [2.45, 2.75) is 45.7 Å². The third kappa shape index (κ3) is 4.37. The Balaban J connectivity index is 2.53. The van der Waals surface area contributed by atoms with Gasteiger partial charge < -0.3 is 16.3 Å². The van der Waals surface area contributed by atoms with Crippen LogP contribution in [0.25, 0.3) is 0 Å². The molecule has 0 aromatic heterocycles. The monoisotopic (exact) mass is 249 g/mol. The van der Waals surface area contributed by atoms with Gasteiger partial charge in [0.25, 0.3) is 0 Å². The molecule has 0 saturated heterocycles. The average Bonchev–Trinajstić information content (AvgIpc) is 2.43. The Hall–Kier alpha value is -1.55. The number of oxime groups is 1. The molecule has 0 fully saturated rings. The van der Waals surface area contributed by atoms with Crippen LogP contribution in [-0.4, -0.2) is 17.1 Å². The van der Waals surface area contributed by atoms with Crippen molar-refractivity contribution >= 4 is 5.84 Å². The second kappa shape index (κ2) is 7.71. The summed E-state index contributed by atoms with van der Waals surface area (Å²) in [7, 11) is 0. The normalized spacial score (nSPS) is 13.6. The van der Waals surface area contributed by atoms with Crippen molar-refractivity contribution in [2.75, 3.05) is 0 Å². The van der Waals surface area contributed by atoms with Gasteiger partial charge in [-0.05, 0) is 18.4 Å². The van der Waals surface area contributed by atoms with Crippen LogP contribution in [0.5, 0.6) is 0 Å². The molecular weight excluding hydrogens is 226 g/mol. The summed E-state index contributed by atoms with van der Waals surface area (Å²) >= 11 is 0. The van der Waals surface area contributed by atoms with E-state index in [9.17, 15) is 0 Å². The number of amidine groups is 1. The van der Waals surface area contributed by atoms with Gasteiger partial charge in [-0.1, -0.05) is 49.7 Å². The largest absolute Gasteiger partial charge is 0.409 e. The van der Waals surface area contributed by atoms with Crippen LogP contribution in [0, 0.1) is 0 Å². The Labute approximate surface area is 109 Å². The standard InChI is InChI=1S/C14H23N3O/c1-3-5-13(4-2)16-10-11-6-8-12(9-7-11)14(15)17-18/h6-9,13,16,18H,3-5,10H2,1-2H3,(H2,15,17). The lowest BCUT2D eigenvalue weighted by Crippen LogP contribution is -2.27. The van der Waals surface area contributed by atoms with Crippen LogP contribution in [0.1, 0.15) is 44.2 Å². The van der Waals surface area contributed by atoms with E-state index in [0.717, 1.165) is 18.5 Å². The fourth-order valence-electron chi connectivity index (χ4n) is 1.91. The van der Waals surface area contributed by atoms with Crippen molar-refractivity contribution in [3.63, 3.8) is 0 Å². The first-order chi connectivity index (χ1) is 8.71. The Kier molecular flexibility index (Phi) is 6.22. The zero-order valence-corrected chi connectivity index (χ0v) is 11.2. The van der Waals surface area contributed by atoms with Gasteiger partial charge in [-0.25, -0.2) is 0 Å². The van der Waals surface area contributed by atoms with E-state index in [2.05, 4.69) is 24.3 Å². The lowest BCUT2D eigenvalue weighted by atomic mass is 10.1. The first kappa shape index (κ1) is 14.5. The average molecular weight is 249 g/mol. The number of nitrogens with zero attached hydrogens (tertiary/aromatic N) is 1. The summed E-state index contributed by atoms with van der Waals surface area (Å²) in [6.45, 7) is 5.26. The van der Waals surface area contributed by atoms with Gasteiger partial charge in [0, 0.05) is 18.2 Å². The van der Waals surface area contributed by atoms with Crippen LogP contribution >= 0.6 is 0 Å². The molecule has 1 atom stereocenters. The molecule has 18 heavy (non-hydrogen) atoms. The molecule has 100 valence electrons. The molecule has 4 N–H and O–H groups in total. The fourth-order valence-corrected chi connectivity index (χ4v) is 1.91. The van der Waals surface area contributed by atoms with Gasteiger partial charge in [0.1, 0.15) is 0 Å². The molecule has 1 rings (SSSR count). The topological polar surface area (TPSA) is 70.6 Å². The molecule has 0 aliphatic heterocycles. The number of hydrogen-bond acceptors (Lipinski definition) is 3. The summed E-state index contributed by atoms with van der Waals surface area (Å²) in [5, 5.41) is 15.1. The molecule has 1 aromatic carbocycles. The molecule has 0 aliphatic rings. The summed E-state index contributed by atoms with van der Waals surface area (Å²) in [5.41, 5.74) is 7.46. The lowest BCUT2D eigenvalue weighted by Gasteiger charge is -2.16. The van der Waals surface area contributed by atoms with E-state index in [1.165, 1.54) is 18.4 Å². The van der Waals surface area contributed by atoms with Crippen LogP contribution in [0.2, 0.25) is 0 Å². The van der Waals surface area contributed by atoms with Crippen LogP contribution in [-0.2, 0) is 6.54 Å². The van der Waals surface area contributed by atoms with Gasteiger partial charge in [0.2, 0.25) is 0 Å². The van der Waals surface area contributed by atoms with Gasteiger partial charge >= 0.3 is 0 Å². The van der Waals surface area contributed by atoms with Gasteiger partial charge in [-0.2, -0.15) is 0 Å². The zero-order chi connectivity index (χ0) is 13.4. The maximum atomic E-state index is 8.58. The van der Waals surface area contributed by atoms with E-state index in [4.69, 9.17) is 10.9 Å². The molecule has 4 nitrogen and oxygen atoms in total. The third-order valence-electron chi connectivity index (χ3n) is 3.08. The van der Waals surface area contributed by atoms with E-state index >= 15 is 0 Å². The molecule has 0 spiro atoms. The summed E-state index contributed by atoms with van der Waals surface area (Å²) in [4.78, 5) is 0. The highest BCUT2D eigenvalue weighted by Crippen LogP contribution is 2.06. The first-order valence-corrected chi connectivity index (χ1v) is 6.51. The van der Waals surface area contributed by atoms with Crippen molar-refractivity contribution in [2.24, 2.45) is 10.9 Å². The van der Waals surface area contributed by atoms with Crippen molar-refractivity contribution < 1.29 is 5.21 Å². The van der Waals surface area contributed by atoms with Crippen LogP contribution in [0.3, 0.4) is 0 Å². The number of benzene rings is 1. The molecule has 0 radical (unpaired) electrons. The van der Waals surface area contributed by atoms with Crippen molar-refractivity contribution in [3.05, 3.63) is 35.4 Å². The minimum absolute atomic E-state index is 0.145. The van der Waals surface area contributed by atoms with E-state index < -0.39 is 0 Å². The van der Waals surface area contributed by atoms with Crippen molar-refractivity contribution in [1.29, 1.82) is 0 Å². The quantitative estimate of drug-likeness (QED) is 0.301. The second-order valence-electron chi connectivity index (χ2n) is 4.46. The molecule has 0 aliphatic carbocycles. The van der Waals surface area contributed by atoms with Gasteiger partial charge in [0.05, 0.1) is 0 Å². The summed E-state index contributed by atoms with van der Waals surface area (Å²) in [5.74, 6) is 0.145. The Morgan fingerprint density at radius 1 is 1.33 bits per heavy atom. The van der Waals surface area contributed by atoms with Gasteiger partial charge in [-0.3, -0.25) is 0 Å². The number of rotatable bonds is 7. The number of nitrogens with two attached hydrogens (primary N) is 1. The molecular formula is C14H23N3O. The van der Waals surface area contributed by atoms with E-state index in [1.807, 2.05) is 24.3 Å². The maximum absolute atomic E-state index is 8.58. The summed E-state index contributed by atoms with van der Waals surface area (Å²) < 4.78 is 0. The molecule has 1 unspecified atom stereocenters. The predicted molar refractivity (Wildman–Crippen MR) is 74.8 cm³/mol. The molecule has 0 heterocycles. The molecule has 0 saturated carbocycles. The second-order valence-corrected chi connectivity index (χ2v) is 4.46. The minimum Gasteiger partial charge on any atom is -0.409 e. The van der Waals surface area contributed by atoms with Crippen LogP contribution < -0.4 is 11.1 Å². The highest BCUT2D eigenvalue weighted by atomic mass is 16.4. The molecule has 1 aromatic rings. The first-order valence-electron chi connectivity index (χ1n) is 6.51. The zero-order valence-electron chi connectivity index (χ0n) is 11.2. The van der Waals surface area contributed by atoms with Gasteiger partial charge in [0.15, 0.2) is 5.84 Å². The Morgan fingerprint density at radius 3 is 2.50 bits per heavy atom. The van der Waals surface area contributed by atoms with E-state index in [0.29, 0.717) is 6.04 Å².